The van der Waals surface area contributed by atoms with E-state index >= 15 is 0 Å². The van der Waals surface area contributed by atoms with Gasteiger partial charge in [-0.25, -0.2) is 0 Å². The summed E-state index contributed by atoms with van der Waals surface area (Å²) in [4.78, 5) is 10.7. The lowest BCUT2D eigenvalue weighted by Gasteiger charge is -2.16. The molecule has 1 rings (SSSR count). The highest BCUT2D eigenvalue weighted by atomic mass is 35.5. The van der Waals surface area contributed by atoms with Crippen molar-refractivity contribution in [1.82, 2.24) is 5.32 Å². The van der Waals surface area contributed by atoms with Crippen molar-refractivity contribution in [3.63, 3.8) is 0 Å². The van der Waals surface area contributed by atoms with Crippen molar-refractivity contribution in [3.8, 4) is 0 Å². The topological polar surface area (TPSA) is 29.1 Å². The summed E-state index contributed by atoms with van der Waals surface area (Å²) in [5.41, 5.74) is 0.446. The van der Waals surface area contributed by atoms with Crippen molar-refractivity contribution in [1.29, 1.82) is 0 Å². The molecule has 1 aromatic rings. The highest BCUT2D eigenvalue weighted by molar-refractivity contribution is 6.31. The maximum Gasteiger partial charge on any atom is 0.471 e. The number of carbonyl (C=O) groups excluding carboxylic acids is 1. The molecule has 0 fully saturated rings. The molecule has 0 spiro atoms. The van der Waals surface area contributed by atoms with Gasteiger partial charge in [-0.3, -0.25) is 4.79 Å². The Morgan fingerprint density at radius 1 is 1.38 bits per heavy atom. The molecular weight excluding hydrogens is 243 g/mol. The number of amides is 1. The summed E-state index contributed by atoms with van der Waals surface area (Å²) in [6.07, 6.45) is -4.88. The first-order valence-electron chi connectivity index (χ1n) is 4.44. The van der Waals surface area contributed by atoms with Crippen LogP contribution in [0.15, 0.2) is 24.3 Å². The summed E-state index contributed by atoms with van der Waals surface area (Å²) < 4.78 is 35.9. The smallest absolute Gasteiger partial charge is 0.342 e. The van der Waals surface area contributed by atoms with Crippen LogP contribution in [0.25, 0.3) is 0 Å². The Bertz CT molecular complexity index is 392. The van der Waals surface area contributed by atoms with Gasteiger partial charge in [-0.1, -0.05) is 29.8 Å². The summed E-state index contributed by atoms with van der Waals surface area (Å²) in [7, 11) is 0. The van der Waals surface area contributed by atoms with E-state index in [2.05, 4.69) is 0 Å². The van der Waals surface area contributed by atoms with Gasteiger partial charge >= 0.3 is 12.1 Å². The molecule has 0 aliphatic carbocycles. The van der Waals surface area contributed by atoms with Gasteiger partial charge in [0.05, 0.1) is 6.04 Å². The van der Waals surface area contributed by atoms with Crippen molar-refractivity contribution >= 4 is 17.5 Å². The average molecular weight is 252 g/mol. The normalized spacial score (nSPS) is 13.3. The second kappa shape index (κ2) is 4.74. The Kier molecular flexibility index (Phi) is 3.80. The zero-order valence-corrected chi connectivity index (χ0v) is 9.06. The Morgan fingerprint density at radius 2 is 1.94 bits per heavy atom. The summed E-state index contributed by atoms with van der Waals surface area (Å²) in [6, 6.07) is 5.61. The van der Waals surface area contributed by atoms with E-state index in [1.165, 1.54) is 6.92 Å². The third kappa shape index (κ3) is 3.13. The molecular formula is C10H9ClF3NO. The number of hydrogen-bond donors (Lipinski definition) is 1. The van der Waals surface area contributed by atoms with E-state index in [9.17, 15) is 18.0 Å². The molecule has 2 nitrogen and oxygen atoms in total. The fourth-order valence-electron chi connectivity index (χ4n) is 1.18. The van der Waals surface area contributed by atoms with E-state index in [0.29, 0.717) is 10.6 Å². The second-order valence-electron chi connectivity index (χ2n) is 3.21. The molecule has 1 aromatic carbocycles. The molecule has 1 unspecified atom stereocenters. The maximum atomic E-state index is 12.0. The molecule has 16 heavy (non-hydrogen) atoms. The van der Waals surface area contributed by atoms with Crippen LogP contribution in [0.4, 0.5) is 13.2 Å². The quantitative estimate of drug-likeness (QED) is 0.860. The van der Waals surface area contributed by atoms with Gasteiger partial charge in [-0.15, -0.1) is 0 Å². The van der Waals surface area contributed by atoms with Gasteiger partial charge in [0.15, 0.2) is 0 Å². The molecule has 88 valence electrons. The van der Waals surface area contributed by atoms with Crippen LogP contribution in [-0.2, 0) is 4.79 Å². The first kappa shape index (κ1) is 12.8. The highest BCUT2D eigenvalue weighted by Gasteiger charge is 2.39. The predicted molar refractivity (Wildman–Crippen MR) is 54.1 cm³/mol. The molecule has 0 saturated heterocycles. The van der Waals surface area contributed by atoms with Crippen LogP contribution in [0, 0.1) is 0 Å². The summed E-state index contributed by atoms with van der Waals surface area (Å²) in [6.45, 7) is 1.44. The minimum absolute atomic E-state index is 0.317. The van der Waals surface area contributed by atoms with Gasteiger partial charge in [-0.2, -0.15) is 13.2 Å². The molecule has 0 aromatic heterocycles. The molecule has 0 aliphatic rings. The summed E-state index contributed by atoms with van der Waals surface area (Å²) in [5, 5.41) is 2.15. The Balaban J connectivity index is 2.78. The largest absolute Gasteiger partial charge is 0.471 e. The minimum Gasteiger partial charge on any atom is -0.342 e. The van der Waals surface area contributed by atoms with Crippen LogP contribution in [0.5, 0.6) is 0 Å². The minimum atomic E-state index is -4.88. The van der Waals surface area contributed by atoms with Gasteiger partial charge in [0.1, 0.15) is 0 Å². The lowest BCUT2D eigenvalue weighted by molar-refractivity contribution is -0.174. The first-order chi connectivity index (χ1) is 7.32. The molecule has 1 atom stereocenters. The predicted octanol–water partition coefficient (Wildman–Crippen LogP) is 3.08. The van der Waals surface area contributed by atoms with Crippen molar-refractivity contribution in [2.24, 2.45) is 0 Å². The van der Waals surface area contributed by atoms with Crippen molar-refractivity contribution in [3.05, 3.63) is 34.9 Å². The standard InChI is InChI=1S/C10H9ClF3NO/c1-6(15-9(16)10(12,13)14)7-4-2-3-5-8(7)11/h2-6H,1H3,(H,15,16). The second-order valence-corrected chi connectivity index (χ2v) is 3.62. The van der Waals surface area contributed by atoms with Gasteiger partial charge in [0.2, 0.25) is 0 Å². The molecule has 0 aliphatic heterocycles. The monoisotopic (exact) mass is 251 g/mol. The molecule has 0 bridgehead atoms. The fourth-order valence-corrected chi connectivity index (χ4v) is 1.48. The van der Waals surface area contributed by atoms with Crippen LogP contribution in [0.2, 0.25) is 5.02 Å². The average Bonchev–Trinajstić information content (AvgIpc) is 2.16. The Morgan fingerprint density at radius 3 is 2.44 bits per heavy atom. The number of rotatable bonds is 2. The van der Waals surface area contributed by atoms with Crippen molar-refractivity contribution < 1.29 is 18.0 Å². The van der Waals surface area contributed by atoms with Crippen molar-refractivity contribution in [2.45, 2.75) is 19.1 Å². The van der Waals surface area contributed by atoms with Crippen molar-refractivity contribution in [2.75, 3.05) is 0 Å². The zero-order valence-electron chi connectivity index (χ0n) is 8.31. The van der Waals surface area contributed by atoms with Crippen LogP contribution in [-0.4, -0.2) is 12.1 Å². The van der Waals surface area contributed by atoms with E-state index in [1.54, 1.807) is 24.3 Å². The third-order valence-corrected chi connectivity index (χ3v) is 2.32. The number of hydrogen-bond acceptors (Lipinski definition) is 1. The van der Waals surface area contributed by atoms with Gasteiger partial charge < -0.3 is 5.32 Å². The summed E-state index contributed by atoms with van der Waals surface area (Å²) >= 11 is 5.78. The van der Waals surface area contributed by atoms with E-state index in [-0.39, 0.29) is 0 Å². The van der Waals surface area contributed by atoms with E-state index in [0.717, 1.165) is 0 Å². The number of benzene rings is 1. The number of halogens is 4. The number of nitrogens with one attached hydrogen (secondary N) is 1. The fraction of sp³-hybridized carbons (Fsp3) is 0.300. The lowest BCUT2D eigenvalue weighted by atomic mass is 10.1. The lowest BCUT2D eigenvalue weighted by Crippen LogP contribution is -2.38. The molecule has 0 saturated carbocycles. The van der Waals surface area contributed by atoms with Crippen LogP contribution in [0.3, 0.4) is 0 Å². The molecule has 0 heterocycles. The Hall–Kier alpha value is -1.23. The van der Waals surface area contributed by atoms with E-state index in [1.807, 2.05) is 5.32 Å². The molecule has 1 N–H and O–H groups in total. The third-order valence-electron chi connectivity index (χ3n) is 1.98. The van der Waals surface area contributed by atoms with E-state index < -0.39 is 18.1 Å². The first-order valence-corrected chi connectivity index (χ1v) is 4.82. The van der Waals surface area contributed by atoms with E-state index in [4.69, 9.17) is 11.6 Å². The van der Waals surface area contributed by atoms with Gasteiger partial charge in [0, 0.05) is 5.02 Å². The van der Waals surface area contributed by atoms with Gasteiger partial charge in [-0.05, 0) is 18.6 Å². The van der Waals surface area contributed by atoms with Crippen LogP contribution >= 0.6 is 11.6 Å². The van der Waals surface area contributed by atoms with Gasteiger partial charge in [0.25, 0.3) is 0 Å². The highest BCUT2D eigenvalue weighted by Crippen LogP contribution is 2.23. The Labute approximate surface area is 95.4 Å². The number of alkyl halides is 3. The summed E-state index contributed by atoms with van der Waals surface area (Å²) in [5.74, 6) is -1.97. The van der Waals surface area contributed by atoms with Crippen LogP contribution in [0.1, 0.15) is 18.5 Å². The van der Waals surface area contributed by atoms with Crippen LogP contribution < -0.4 is 5.32 Å². The zero-order chi connectivity index (χ0) is 12.3. The maximum absolute atomic E-state index is 12.0. The SMILES string of the molecule is CC(NC(=O)C(F)(F)F)c1ccccc1Cl. The molecule has 1 amide bonds. The molecule has 6 heteroatoms. The molecule has 0 radical (unpaired) electrons. The number of carbonyl (C=O) groups is 1.